The van der Waals surface area contributed by atoms with Crippen LogP contribution in [-0.2, 0) is 28.5 Å². The Labute approximate surface area is 244 Å². The number of hydrogen-bond acceptors (Lipinski definition) is 8. The predicted octanol–water partition coefficient (Wildman–Crippen LogP) is 4.59. The van der Waals surface area contributed by atoms with Crippen LogP contribution in [0, 0.1) is 0 Å². The van der Waals surface area contributed by atoms with Crippen LogP contribution in [0.25, 0.3) is 0 Å². The van der Waals surface area contributed by atoms with Gasteiger partial charge in [0.2, 0.25) is 6.41 Å². The van der Waals surface area contributed by atoms with E-state index in [0.29, 0.717) is 38.5 Å². The van der Waals surface area contributed by atoms with E-state index in [1.165, 1.54) is 0 Å². The third-order valence-electron chi connectivity index (χ3n) is 7.74. The minimum Gasteiger partial charge on any atom is -0.493 e. The van der Waals surface area contributed by atoms with Gasteiger partial charge in [-0.15, -0.1) is 0 Å². The molecule has 2 unspecified atom stereocenters. The first-order valence-corrected chi connectivity index (χ1v) is 14.9. The zero-order chi connectivity index (χ0) is 29.9. The number of ether oxygens (including phenoxy) is 5. The summed E-state index contributed by atoms with van der Waals surface area (Å²) in [4.78, 5) is 38.1. The number of para-hydroxylation sites is 1. The average Bonchev–Trinajstić information content (AvgIpc) is 3.29. The van der Waals surface area contributed by atoms with Gasteiger partial charge in [0.1, 0.15) is 11.4 Å². The monoisotopic (exact) mass is 576 g/mol. The van der Waals surface area contributed by atoms with E-state index in [2.05, 4.69) is 11.4 Å². The zero-order valence-corrected chi connectivity index (χ0v) is 25.3. The molecular formula is C31H48N2O8. The third-order valence-corrected chi connectivity index (χ3v) is 7.74. The lowest BCUT2D eigenvalue weighted by molar-refractivity contribution is -0.143. The Morgan fingerprint density at radius 1 is 1.10 bits per heavy atom. The van der Waals surface area contributed by atoms with Gasteiger partial charge in [-0.05, 0) is 84.3 Å². The van der Waals surface area contributed by atoms with Crippen molar-refractivity contribution in [1.82, 2.24) is 10.2 Å². The Morgan fingerprint density at radius 2 is 1.83 bits per heavy atom. The highest BCUT2D eigenvalue weighted by Gasteiger charge is 2.51. The molecular weight excluding hydrogens is 528 g/mol. The first kappa shape index (κ1) is 32.7. The molecule has 2 amide bonds. The van der Waals surface area contributed by atoms with Crippen LogP contribution in [0.4, 0.5) is 4.79 Å². The fourth-order valence-electron chi connectivity index (χ4n) is 5.70. The van der Waals surface area contributed by atoms with Crippen LogP contribution < -0.4 is 10.1 Å². The Kier molecular flexibility index (Phi) is 12.3. The van der Waals surface area contributed by atoms with Crippen molar-refractivity contribution in [3.63, 3.8) is 0 Å². The lowest BCUT2D eigenvalue weighted by Gasteiger charge is -2.39. The van der Waals surface area contributed by atoms with E-state index in [1.807, 2.05) is 45.9 Å². The summed E-state index contributed by atoms with van der Waals surface area (Å²) >= 11 is 0. The number of benzene rings is 1. The highest BCUT2D eigenvalue weighted by Crippen LogP contribution is 2.39. The van der Waals surface area contributed by atoms with Gasteiger partial charge in [0.05, 0.1) is 50.5 Å². The van der Waals surface area contributed by atoms with Crippen molar-refractivity contribution in [2.24, 2.45) is 0 Å². The summed E-state index contributed by atoms with van der Waals surface area (Å²) < 4.78 is 28.8. The maximum absolute atomic E-state index is 13.1. The van der Waals surface area contributed by atoms with Crippen LogP contribution >= 0.6 is 0 Å². The lowest BCUT2D eigenvalue weighted by Crippen LogP contribution is -2.60. The van der Waals surface area contributed by atoms with E-state index in [-0.39, 0.29) is 38.3 Å². The number of carbonyl (C=O) groups is 3. The van der Waals surface area contributed by atoms with Crippen LogP contribution in [0.5, 0.6) is 5.75 Å². The highest BCUT2D eigenvalue weighted by atomic mass is 16.6. The van der Waals surface area contributed by atoms with E-state index >= 15 is 0 Å². The number of rotatable bonds is 14. The van der Waals surface area contributed by atoms with E-state index < -0.39 is 23.3 Å². The smallest absolute Gasteiger partial charge is 0.410 e. The highest BCUT2D eigenvalue weighted by molar-refractivity contribution is 5.70. The molecule has 1 aliphatic heterocycles. The molecule has 1 aliphatic carbocycles. The predicted molar refractivity (Wildman–Crippen MR) is 154 cm³/mol. The van der Waals surface area contributed by atoms with Gasteiger partial charge in [-0.25, -0.2) is 4.79 Å². The molecule has 10 nitrogen and oxygen atoms in total. The van der Waals surface area contributed by atoms with Gasteiger partial charge in [-0.2, -0.15) is 0 Å². The lowest BCUT2D eigenvalue weighted by atomic mass is 9.82. The molecule has 0 spiro atoms. The Balaban J connectivity index is 1.62. The maximum atomic E-state index is 13.1. The van der Waals surface area contributed by atoms with E-state index in [4.69, 9.17) is 23.7 Å². The van der Waals surface area contributed by atoms with Gasteiger partial charge in [-0.1, -0.05) is 18.2 Å². The zero-order valence-electron chi connectivity index (χ0n) is 25.3. The standard InChI is InChI=1S/C31H48N2O8/c1-6-37-21-31(32-22-34)17-18-33(29(36)41-30(3,4)5)27(31)20-40-24-14-12-23(13-15-24)25-10-8-9-11-26(25)39-19-16-28(35)38-7-2/h8-11,22-24,27H,6-7,12-21H2,1-5H3,(H,32,34). The number of carbonyl (C=O) groups excluding carboxylic acids is 3. The number of likely N-dealkylation sites (tertiary alicyclic amines) is 1. The molecule has 41 heavy (non-hydrogen) atoms. The summed E-state index contributed by atoms with van der Waals surface area (Å²) in [6, 6.07) is 7.58. The molecule has 1 saturated carbocycles. The maximum Gasteiger partial charge on any atom is 0.410 e. The molecule has 10 heteroatoms. The molecule has 1 saturated heterocycles. The molecule has 1 heterocycles. The third kappa shape index (κ3) is 9.33. The minimum absolute atomic E-state index is 0.0326. The quantitative estimate of drug-likeness (QED) is 0.253. The van der Waals surface area contributed by atoms with Crippen molar-refractivity contribution in [2.75, 3.05) is 39.6 Å². The number of amides is 2. The second-order valence-corrected chi connectivity index (χ2v) is 11.7. The molecule has 1 N–H and O–H groups in total. The first-order valence-electron chi connectivity index (χ1n) is 14.9. The second-order valence-electron chi connectivity index (χ2n) is 11.7. The Morgan fingerprint density at radius 3 is 2.49 bits per heavy atom. The molecule has 0 bridgehead atoms. The van der Waals surface area contributed by atoms with Gasteiger partial charge < -0.3 is 33.9 Å². The Bertz CT molecular complexity index is 989. The van der Waals surface area contributed by atoms with Gasteiger partial charge >= 0.3 is 12.1 Å². The van der Waals surface area contributed by atoms with Crippen molar-refractivity contribution in [2.45, 2.75) is 102 Å². The van der Waals surface area contributed by atoms with E-state index in [0.717, 1.165) is 37.0 Å². The summed E-state index contributed by atoms with van der Waals surface area (Å²) in [5, 5.41) is 2.97. The van der Waals surface area contributed by atoms with Crippen LogP contribution in [0.2, 0.25) is 0 Å². The number of esters is 1. The number of nitrogens with one attached hydrogen (secondary N) is 1. The average molecular weight is 577 g/mol. The summed E-state index contributed by atoms with van der Waals surface area (Å²) in [5.74, 6) is 0.872. The largest absolute Gasteiger partial charge is 0.493 e. The molecule has 0 radical (unpaired) electrons. The second kappa shape index (κ2) is 15.4. The van der Waals surface area contributed by atoms with Crippen LogP contribution in [0.1, 0.15) is 84.6 Å². The molecule has 1 aromatic rings. The van der Waals surface area contributed by atoms with Crippen molar-refractivity contribution in [3.05, 3.63) is 29.8 Å². The van der Waals surface area contributed by atoms with Crippen molar-refractivity contribution >= 4 is 18.5 Å². The van der Waals surface area contributed by atoms with Crippen LogP contribution in [0.15, 0.2) is 24.3 Å². The fraction of sp³-hybridized carbons (Fsp3) is 0.710. The fourth-order valence-corrected chi connectivity index (χ4v) is 5.70. The summed E-state index contributed by atoms with van der Waals surface area (Å²) in [7, 11) is 0. The van der Waals surface area contributed by atoms with Gasteiger partial charge in [0, 0.05) is 13.2 Å². The SMILES string of the molecule is CCOCC1(NC=O)CCN(C(=O)OC(C)(C)C)C1COC1CCC(c2ccccc2OCCC(=O)OCC)CC1. The molecule has 230 valence electrons. The van der Waals surface area contributed by atoms with Gasteiger partial charge in [-0.3, -0.25) is 9.59 Å². The molecule has 0 aromatic heterocycles. The van der Waals surface area contributed by atoms with Gasteiger partial charge in [0.15, 0.2) is 0 Å². The van der Waals surface area contributed by atoms with Crippen molar-refractivity contribution in [1.29, 1.82) is 0 Å². The summed E-state index contributed by atoms with van der Waals surface area (Å²) in [6.07, 6.45) is 4.65. The molecule has 2 aliphatic rings. The van der Waals surface area contributed by atoms with Crippen molar-refractivity contribution < 1.29 is 38.1 Å². The summed E-state index contributed by atoms with van der Waals surface area (Å²) in [5.41, 5.74) is -0.234. The molecule has 2 fully saturated rings. The summed E-state index contributed by atoms with van der Waals surface area (Å²) in [6.45, 7) is 11.4. The minimum atomic E-state index is -0.744. The molecule has 3 rings (SSSR count). The van der Waals surface area contributed by atoms with Gasteiger partial charge in [0.25, 0.3) is 0 Å². The normalized spacial score (nSPS) is 24.5. The Hall–Kier alpha value is -2.85. The van der Waals surface area contributed by atoms with Crippen LogP contribution in [0.3, 0.4) is 0 Å². The first-order chi connectivity index (χ1) is 19.6. The molecule has 2 atom stereocenters. The topological polar surface area (TPSA) is 113 Å². The van der Waals surface area contributed by atoms with E-state index in [1.54, 1.807) is 11.8 Å². The van der Waals surface area contributed by atoms with Crippen molar-refractivity contribution in [3.8, 4) is 5.75 Å². The molecule has 1 aromatic carbocycles. The number of nitrogens with zero attached hydrogens (tertiary/aromatic N) is 1. The van der Waals surface area contributed by atoms with Crippen LogP contribution in [-0.4, -0.2) is 86.2 Å². The number of hydrogen-bond donors (Lipinski definition) is 1. The van der Waals surface area contributed by atoms with E-state index in [9.17, 15) is 14.4 Å².